The van der Waals surface area contributed by atoms with Gasteiger partial charge in [0.15, 0.2) is 0 Å². The van der Waals surface area contributed by atoms with Crippen LogP contribution in [-0.4, -0.2) is 32.8 Å². The van der Waals surface area contributed by atoms with Gasteiger partial charge in [0.25, 0.3) is 0 Å². The van der Waals surface area contributed by atoms with E-state index in [1.165, 1.54) is 7.11 Å². The number of aromatic nitrogens is 2. The molecule has 0 aliphatic heterocycles. The van der Waals surface area contributed by atoms with Crippen molar-refractivity contribution < 1.29 is 13.7 Å². The summed E-state index contributed by atoms with van der Waals surface area (Å²) >= 11 is 0. The number of hydrogen-bond acceptors (Lipinski definition) is 4. The van der Waals surface area contributed by atoms with Gasteiger partial charge in [-0.15, -0.1) is 0 Å². The summed E-state index contributed by atoms with van der Waals surface area (Å²) in [4.78, 5) is 11.4. The highest BCUT2D eigenvalue weighted by Crippen LogP contribution is 2.49. The van der Waals surface area contributed by atoms with Crippen molar-refractivity contribution in [1.29, 1.82) is 0 Å². The van der Waals surface area contributed by atoms with Crippen LogP contribution < -0.4 is 0 Å². The Kier molecular flexibility index (Phi) is 5.19. The summed E-state index contributed by atoms with van der Waals surface area (Å²) in [7, 11) is 0.418. The van der Waals surface area contributed by atoms with Crippen molar-refractivity contribution in [1.82, 2.24) is 9.78 Å². The number of methoxy groups -OCH3 is 1. The second-order valence-corrected chi connectivity index (χ2v) is 7.48. The molecule has 1 aromatic heterocycles. The van der Waals surface area contributed by atoms with Crippen molar-refractivity contribution in [3.05, 3.63) is 18.0 Å². The van der Waals surface area contributed by atoms with Gasteiger partial charge in [0, 0.05) is 28.8 Å². The van der Waals surface area contributed by atoms with Crippen molar-refractivity contribution in [2.45, 2.75) is 51.3 Å². The van der Waals surface area contributed by atoms with Gasteiger partial charge in [0.1, 0.15) is 0 Å². The van der Waals surface area contributed by atoms with Crippen molar-refractivity contribution in [3.8, 4) is 0 Å². The highest BCUT2D eigenvalue weighted by molar-refractivity contribution is 7.84. The van der Waals surface area contributed by atoms with Crippen LogP contribution in [0.15, 0.2) is 12.3 Å². The Bertz CT molecular complexity index is 523. The molecule has 0 N–H and O–H groups in total. The molecule has 2 atom stereocenters. The van der Waals surface area contributed by atoms with Crippen LogP contribution in [0.1, 0.15) is 51.3 Å². The first-order chi connectivity index (χ1) is 9.98. The predicted molar refractivity (Wildman–Crippen MR) is 82.2 cm³/mol. The number of rotatable bonds is 8. The van der Waals surface area contributed by atoms with E-state index in [0.29, 0.717) is 24.0 Å². The molecule has 1 aliphatic carbocycles. The van der Waals surface area contributed by atoms with Crippen LogP contribution >= 0.6 is 0 Å². The van der Waals surface area contributed by atoms with Gasteiger partial charge in [0.05, 0.1) is 25.0 Å². The molecule has 1 heterocycles. The van der Waals surface area contributed by atoms with Gasteiger partial charge in [-0.1, -0.05) is 6.92 Å². The molecule has 2 unspecified atom stereocenters. The van der Waals surface area contributed by atoms with Gasteiger partial charge in [-0.05, 0) is 37.7 Å². The molecule has 1 saturated carbocycles. The minimum Gasteiger partial charge on any atom is -0.469 e. The van der Waals surface area contributed by atoms with Crippen LogP contribution in [-0.2, 0) is 26.1 Å². The lowest BCUT2D eigenvalue weighted by atomic mass is 10.1. The summed E-state index contributed by atoms with van der Waals surface area (Å²) in [6, 6.07) is 2.30. The molecule has 0 saturated heterocycles. The molecule has 6 heteroatoms. The summed E-state index contributed by atoms with van der Waals surface area (Å²) < 4.78 is 18.9. The Morgan fingerprint density at radius 1 is 1.57 bits per heavy atom. The topological polar surface area (TPSA) is 61.2 Å². The second kappa shape index (κ2) is 6.73. The average Bonchev–Trinajstić information content (AvgIpc) is 3.03. The lowest BCUT2D eigenvalue weighted by molar-refractivity contribution is -0.141. The maximum atomic E-state index is 12.3. The van der Waals surface area contributed by atoms with Gasteiger partial charge in [0.2, 0.25) is 0 Å². The maximum Gasteiger partial charge on any atom is 0.306 e. The van der Waals surface area contributed by atoms with Gasteiger partial charge >= 0.3 is 5.97 Å². The largest absolute Gasteiger partial charge is 0.469 e. The Morgan fingerprint density at radius 3 is 2.86 bits per heavy atom. The van der Waals surface area contributed by atoms with E-state index < -0.39 is 10.8 Å². The fraction of sp³-hybridized carbons (Fsp3) is 0.733. The minimum absolute atomic E-state index is 0.0861. The molecule has 5 nitrogen and oxygen atoms in total. The van der Waals surface area contributed by atoms with E-state index in [2.05, 4.69) is 18.9 Å². The molecule has 1 aliphatic rings. The molecule has 0 spiro atoms. The van der Waals surface area contributed by atoms with Gasteiger partial charge in [-0.2, -0.15) is 5.10 Å². The zero-order valence-electron chi connectivity index (χ0n) is 13.0. The van der Waals surface area contributed by atoms with Crippen LogP contribution in [0, 0.1) is 5.41 Å². The summed E-state index contributed by atoms with van der Waals surface area (Å²) in [5.41, 5.74) is 0.777. The van der Waals surface area contributed by atoms with Crippen LogP contribution in [0.2, 0.25) is 0 Å². The van der Waals surface area contributed by atoms with Crippen molar-refractivity contribution >= 4 is 16.8 Å². The molecule has 0 aromatic carbocycles. The van der Waals surface area contributed by atoms with E-state index in [1.807, 2.05) is 16.9 Å². The van der Waals surface area contributed by atoms with E-state index in [9.17, 15) is 9.00 Å². The minimum atomic E-state index is -0.982. The summed E-state index contributed by atoms with van der Waals surface area (Å²) in [6.07, 6.45) is 5.29. The molecule has 0 amide bonds. The first-order valence-corrected chi connectivity index (χ1v) is 8.92. The van der Waals surface area contributed by atoms with Crippen molar-refractivity contribution in [2.24, 2.45) is 5.41 Å². The lowest BCUT2D eigenvalue weighted by Gasteiger charge is -2.12. The Hall–Kier alpha value is -1.17. The molecule has 118 valence electrons. The van der Waals surface area contributed by atoms with E-state index in [0.717, 1.165) is 25.0 Å². The van der Waals surface area contributed by atoms with E-state index in [-0.39, 0.29) is 11.4 Å². The smallest absolute Gasteiger partial charge is 0.306 e. The van der Waals surface area contributed by atoms with Crippen LogP contribution in [0.4, 0.5) is 0 Å². The predicted octanol–water partition coefficient (Wildman–Crippen LogP) is 2.45. The fourth-order valence-electron chi connectivity index (χ4n) is 2.37. The SMILES string of the molecule is CCC(C)n1ccc(CS(=O)CC2(CC(=O)OC)CC2)n1. The molecule has 1 aromatic rings. The molecule has 1 fully saturated rings. The summed E-state index contributed by atoms with van der Waals surface area (Å²) in [6.45, 7) is 4.23. The van der Waals surface area contributed by atoms with Gasteiger partial charge in [-0.25, -0.2) is 0 Å². The third-order valence-electron chi connectivity index (χ3n) is 4.19. The van der Waals surface area contributed by atoms with E-state index in [1.54, 1.807) is 0 Å². The zero-order chi connectivity index (χ0) is 15.5. The molecular weight excluding hydrogens is 288 g/mol. The first-order valence-electron chi connectivity index (χ1n) is 7.44. The van der Waals surface area contributed by atoms with Crippen molar-refractivity contribution in [3.63, 3.8) is 0 Å². The van der Waals surface area contributed by atoms with Crippen LogP contribution in [0.5, 0.6) is 0 Å². The summed E-state index contributed by atoms with van der Waals surface area (Å²) in [5.74, 6) is 0.829. The van der Waals surface area contributed by atoms with E-state index >= 15 is 0 Å². The number of carbonyl (C=O) groups excluding carboxylic acids is 1. The normalized spacial score (nSPS) is 19.0. The average molecular weight is 312 g/mol. The van der Waals surface area contributed by atoms with Gasteiger partial charge in [-0.3, -0.25) is 13.7 Å². The highest BCUT2D eigenvalue weighted by Gasteiger charge is 2.45. The maximum absolute atomic E-state index is 12.3. The Labute approximate surface area is 128 Å². The second-order valence-electron chi connectivity index (χ2n) is 6.03. The van der Waals surface area contributed by atoms with E-state index in [4.69, 9.17) is 4.74 Å². The number of nitrogens with zero attached hydrogens (tertiary/aromatic N) is 2. The molecule has 21 heavy (non-hydrogen) atoms. The standard InChI is InChI=1S/C15H24N2O3S/c1-4-12(2)17-8-5-13(16-17)10-21(19)11-15(6-7-15)9-14(18)20-3/h5,8,12H,4,6-7,9-11H2,1-3H3. The highest BCUT2D eigenvalue weighted by atomic mass is 32.2. The van der Waals surface area contributed by atoms with Crippen LogP contribution in [0.3, 0.4) is 0 Å². The lowest BCUT2D eigenvalue weighted by Crippen LogP contribution is -2.18. The Morgan fingerprint density at radius 2 is 2.29 bits per heavy atom. The summed E-state index contributed by atoms with van der Waals surface area (Å²) in [5, 5.41) is 4.48. The number of hydrogen-bond donors (Lipinski definition) is 0. The number of ether oxygens (including phenoxy) is 1. The monoisotopic (exact) mass is 312 g/mol. The first kappa shape index (κ1) is 16.2. The molecule has 0 radical (unpaired) electrons. The molecule has 0 bridgehead atoms. The number of carbonyl (C=O) groups is 1. The fourth-order valence-corrected chi connectivity index (χ4v) is 4.03. The quantitative estimate of drug-likeness (QED) is 0.692. The number of esters is 1. The molecule has 2 rings (SSSR count). The van der Waals surface area contributed by atoms with Crippen molar-refractivity contribution in [2.75, 3.05) is 12.9 Å². The van der Waals surface area contributed by atoms with Gasteiger partial charge < -0.3 is 4.74 Å². The molecular formula is C15H24N2O3S. The third-order valence-corrected chi connectivity index (χ3v) is 5.74. The zero-order valence-corrected chi connectivity index (χ0v) is 13.8. The third kappa shape index (κ3) is 4.40. The Balaban J connectivity index is 1.87. The van der Waals surface area contributed by atoms with Crippen LogP contribution in [0.25, 0.3) is 0 Å².